The van der Waals surface area contributed by atoms with Gasteiger partial charge in [-0.05, 0) is 16.7 Å². The Morgan fingerprint density at radius 2 is 1.12 bits per heavy atom. The molecule has 2 aromatic carbocycles. The third kappa shape index (κ3) is 2.43. The molecule has 0 saturated carbocycles. The van der Waals surface area contributed by atoms with E-state index in [0.717, 1.165) is 20.5 Å². The smallest absolute Gasteiger partial charge is 0.0541 e. The molecule has 16 heavy (non-hydrogen) atoms. The molecular formula is C14H13ClSi. The van der Waals surface area contributed by atoms with E-state index in [1.54, 1.807) is 0 Å². The summed E-state index contributed by atoms with van der Waals surface area (Å²) in [5.41, 5.74) is 3.54. The summed E-state index contributed by atoms with van der Waals surface area (Å²) in [6, 6.07) is 20.6. The van der Waals surface area contributed by atoms with Crippen molar-refractivity contribution in [2.75, 3.05) is 0 Å². The van der Waals surface area contributed by atoms with Gasteiger partial charge in [-0.15, -0.1) is 0 Å². The van der Waals surface area contributed by atoms with Crippen LogP contribution < -0.4 is 0 Å². The summed E-state index contributed by atoms with van der Waals surface area (Å²) in [7, 11) is 0.867. The Morgan fingerprint density at radius 1 is 0.750 bits per heavy atom. The van der Waals surface area contributed by atoms with Crippen LogP contribution in [0.15, 0.2) is 65.3 Å². The lowest BCUT2D eigenvalue weighted by atomic mass is 10.00. The molecule has 0 atom stereocenters. The number of rotatable bonds is 2. The van der Waals surface area contributed by atoms with Gasteiger partial charge in [0.2, 0.25) is 0 Å². The fraction of sp³-hybridized carbons (Fsp3) is 0. The van der Waals surface area contributed by atoms with E-state index >= 15 is 0 Å². The van der Waals surface area contributed by atoms with Crippen molar-refractivity contribution in [3.8, 4) is 0 Å². The van der Waals surface area contributed by atoms with Crippen LogP contribution in [0.1, 0.15) is 11.1 Å². The highest BCUT2D eigenvalue weighted by molar-refractivity contribution is 6.55. The van der Waals surface area contributed by atoms with Crippen LogP contribution in [0.25, 0.3) is 5.57 Å². The van der Waals surface area contributed by atoms with Crippen LogP contribution in [0.5, 0.6) is 0 Å². The van der Waals surface area contributed by atoms with E-state index in [2.05, 4.69) is 24.3 Å². The Labute approximate surface area is 104 Å². The first kappa shape index (κ1) is 11.2. The predicted octanol–water partition coefficient (Wildman–Crippen LogP) is 3.01. The summed E-state index contributed by atoms with van der Waals surface area (Å²) in [4.78, 5) is 0. The summed E-state index contributed by atoms with van der Waals surface area (Å²) in [5.74, 6) is 0. The Morgan fingerprint density at radius 3 is 1.44 bits per heavy atom. The number of benzene rings is 2. The molecule has 0 nitrogen and oxygen atoms in total. The van der Waals surface area contributed by atoms with Crippen LogP contribution >= 0.6 is 11.6 Å². The number of hydrogen-bond donors (Lipinski definition) is 0. The number of hydrogen-bond acceptors (Lipinski definition) is 0. The zero-order valence-electron chi connectivity index (χ0n) is 9.15. The van der Waals surface area contributed by atoms with Crippen molar-refractivity contribution in [1.29, 1.82) is 0 Å². The normalized spacial score (nSPS) is 10.1. The van der Waals surface area contributed by atoms with E-state index < -0.39 is 0 Å². The molecule has 2 aromatic rings. The summed E-state index contributed by atoms with van der Waals surface area (Å²) in [6.45, 7) is 0. The topological polar surface area (TPSA) is 0 Å². The van der Waals surface area contributed by atoms with Gasteiger partial charge >= 0.3 is 0 Å². The predicted molar refractivity (Wildman–Crippen MR) is 74.7 cm³/mol. The Hall–Kier alpha value is -1.31. The molecule has 0 aliphatic heterocycles. The van der Waals surface area contributed by atoms with E-state index in [-0.39, 0.29) is 0 Å². The first-order valence-corrected chi connectivity index (χ1v) is 6.64. The first-order valence-electron chi connectivity index (χ1n) is 5.26. The maximum atomic E-state index is 6.25. The van der Waals surface area contributed by atoms with E-state index in [1.165, 1.54) is 11.1 Å². The highest BCUT2D eigenvalue weighted by atomic mass is 35.5. The van der Waals surface area contributed by atoms with Gasteiger partial charge in [0.05, 0.1) is 10.2 Å². The van der Waals surface area contributed by atoms with Crippen LogP contribution in [0.4, 0.5) is 0 Å². The van der Waals surface area contributed by atoms with Crippen molar-refractivity contribution in [1.82, 2.24) is 0 Å². The Kier molecular flexibility index (Phi) is 3.60. The van der Waals surface area contributed by atoms with Gasteiger partial charge in [0, 0.05) is 4.66 Å². The molecule has 2 heteroatoms. The molecule has 80 valence electrons. The minimum absolute atomic E-state index is 0.867. The summed E-state index contributed by atoms with van der Waals surface area (Å²) < 4.78 is 0.956. The largest absolute Gasteiger partial charge is 0.0947 e. The van der Waals surface area contributed by atoms with Crippen LogP contribution in [0.2, 0.25) is 0 Å². The van der Waals surface area contributed by atoms with Crippen LogP contribution in [0, 0.1) is 0 Å². The van der Waals surface area contributed by atoms with Gasteiger partial charge in [0.25, 0.3) is 0 Å². The zero-order valence-corrected chi connectivity index (χ0v) is 11.9. The maximum absolute atomic E-state index is 6.25. The zero-order chi connectivity index (χ0) is 11.4. The van der Waals surface area contributed by atoms with Crippen LogP contribution in [-0.2, 0) is 0 Å². The molecule has 0 aromatic heterocycles. The van der Waals surface area contributed by atoms with E-state index in [1.807, 2.05) is 36.4 Å². The molecule has 0 radical (unpaired) electrons. The molecular weight excluding hydrogens is 232 g/mol. The molecule has 0 fully saturated rings. The highest BCUT2D eigenvalue weighted by Crippen LogP contribution is 2.26. The molecule has 0 saturated heterocycles. The fourth-order valence-electron chi connectivity index (χ4n) is 1.77. The maximum Gasteiger partial charge on any atom is 0.0541 e. The lowest BCUT2D eigenvalue weighted by Gasteiger charge is -2.09. The SMILES string of the molecule is [SiH3]C(Cl)=C(c1ccccc1)c1ccccc1. The third-order valence-corrected chi connectivity index (χ3v) is 3.16. The van der Waals surface area contributed by atoms with Crippen molar-refractivity contribution >= 4 is 27.4 Å². The second kappa shape index (κ2) is 5.15. The van der Waals surface area contributed by atoms with Gasteiger partial charge < -0.3 is 0 Å². The fourth-order valence-corrected chi connectivity index (χ4v) is 2.57. The van der Waals surface area contributed by atoms with Gasteiger partial charge in [0.1, 0.15) is 0 Å². The first-order chi connectivity index (χ1) is 7.79. The minimum atomic E-state index is 0.867. The van der Waals surface area contributed by atoms with Gasteiger partial charge in [-0.25, -0.2) is 0 Å². The van der Waals surface area contributed by atoms with Gasteiger partial charge in [0.15, 0.2) is 0 Å². The molecule has 0 amide bonds. The standard InChI is InChI=1S/C14H13ClSi/c15-14(16)13(11-7-3-1-4-8-11)12-9-5-2-6-10-12/h1-10H,16H3. The lowest BCUT2D eigenvalue weighted by Crippen LogP contribution is -1.90. The molecule has 0 spiro atoms. The van der Waals surface area contributed by atoms with E-state index in [0.29, 0.717) is 0 Å². The minimum Gasteiger partial charge on any atom is -0.0947 e. The molecule has 0 aliphatic rings. The van der Waals surface area contributed by atoms with Crippen molar-refractivity contribution in [3.63, 3.8) is 0 Å². The third-order valence-electron chi connectivity index (χ3n) is 2.47. The number of halogens is 1. The van der Waals surface area contributed by atoms with Crippen molar-refractivity contribution < 1.29 is 0 Å². The van der Waals surface area contributed by atoms with Crippen LogP contribution in [0.3, 0.4) is 0 Å². The molecule has 2 rings (SSSR count). The van der Waals surface area contributed by atoms with Crippen molar-refractivity contribution in [3.05, 3.63) is 76.4 Å². The van der Waals surface area contributed by atoms with Crippen molar-refractivity contribution in [2.24, 2.45) is 0 Å². The van der Waals surface area contributed by atoms with Gasteiger partial charge in [-0.2, -0.15) is 0 Å². The quantitative estimate of drug-likeness (QED) is 0.713. The average molecular weight is 245 g/mol. The Bertz CT molecular complexity index is 443. The molecule has 0 aliphatic carbocycles. The molecule has 0 N–H and O–H groups in total. The summed E-state index contributed by atoms with van der Waals surface area (Å²) in [6.07, 6.45) is 0. The van der Waals surface area contributed by atoms with E-state index in [9.17, 15) is 0 Å². The van der Waals surface area contributed by atoms with E-state index in [4.69, 9.17) is 11.6 Å². The molecule has 0 unspecified atom stereocenters. The lowest BCUT2D eigenvalue weighted by molar-refractivity contribution is 1.55. The van der Waals surface area contributed by atoms with Gasteiger partial charge in [-0.3, -0.25) is 0 Å². The summed E-state index contributed by atoms with van der Waals surface area (Å²) in [5, 5.41) is 0. The summed E-state index contributed by atoms with van der Waals surface area (Å²) >= 11 is 6.25. The molecule has 0 heterocycles. The van der Waals surface area contributed by atoms with Crippen LogP contribution in [-0.4, -0.2) is 10.2 Å². The van der Waals surface area contributed by atoms with Crippen molar-refractivity contribution in [2.45, 2.75) is 0 Å². The second-order valence-electron chi connectivity index (χ2n) is 3.64. The monoisotopic (exact) mass is 244 g/mol. The molecule has 0 bridgehead atoms. The average Bonchev–Trinajstić information content (AvgIpc) is 2.31. The second-order valence-corrected chi connectivity index (χ2v) is 5.84. The Balaban J connectivity index is 2.54. The highest BCUT2D eigenvalue weighted by Gasteiger charge is 2.06. The van der Waals surface area contributed by atoms with Gasteiger partial charge in [-0.1, -0.05) is 72.3 Å².